The van der Waals surface area contributed by atoms with Gasteiger partial charge in [-0.05, 0) is 56.2 Å². The number of nitrogens with zero attached hydrogens (tertiary/aromatic N) is 1. The Labute approximate surface area is 149 Å². The molecule has 0 radical (unpaired) electrons. The highest BCUT2D eigenvalue weighted by molar-refractivity contribution is 5.92. The van der Waals surface area contributed by atoms with Crippen LogP contribution in [0.15, 0.2) is 47.1 Å². The zero-order valence-corrected chi connectivity index (χ0v) is 14.8. The average molecular weight is 341 g/mol. The van der Waals surface area contributed by atoms with Crippen molar-refractivity contribution in [3.63, 3.8) is 0 Å². The van der Waals surface area contributed by atoms with E-state index in [9.17, 15) is 4.79 Å². The van der Waals surface area contributed by atoms with Crippen molar-refractivity contribution in [2.24, 2.45) is 0 Å². The van der Waals surface area contributed by atoms with Crippen LogP contribution in [0.25, 0.3) is 0 Å². The van der Waals surface area contributed by atoms with Gasteiger partial charge in [0.05, 0.1) is 18.8 Å². The molecule has 2 heterocycles. The molecular weight excluding hydrogens is 314 g/mol. The molecule has 1 amide bonds. The molecule has 1 aliphatic heterocycles. The number of anilines is 2. The molecule has 5 heteroatoms. The lowest BCUT2D eigenvalue weighted by Gasteiger charge is -2.22. The van der Waals surface area contributed by atoms with Crippen molar-refractivity contribution < 1.29 is 9.21 Å². The van der Waals surface area contributed by atoms with Crippen molar-refractivity contribution in [1.29, 1.82) is 0 Å². The summed E-state index contributed by atoms with van der Waals surface area (Å²) in [5, 5.41) is 6.10. The number of hydrogen-bond donors (Lipinski definition) is 2. The molecule has 1 fully saturated rings. The maximum absolute atomic E-state index is 12.1. The van der Waals surface area contributed by atoms with Crippen LogP contribution in [0.2, 0.25) is 0 Å². The largest absolute Gasteiger partial charge is 0.468 e. The first kappa shape index (κ1) is 17.5. The molecule has 2 N–H and O–H groups in total. The molecule has 3 rings (SSSR count). The van der Waals surface area contributed by atoms with E-state index in [-0.39, 0.29) is 18.5 Å². The number of benzene rings is 1. The lowest BCUT2D eigenvalue weighted by Crippen LogP contribution is -2.30. The molecule has 1 atom stereocenters. The van der Waals surface area contributed by atoms with Gasteiger partial charge < -0.3 is 14.6 Å². The van der Waals surface area contributed by atoms with Gasteiger partial charge in [0.25, 0.3) is 0 Å². The Bertz CT molecular complexity index is 644. The molecule has 0 saturated carbocycles. The second-order valence-electron chi connectivity index (χ2n) is 6.61. The molecule has 0 aliphatic carbocycles. The highest BCUT2D eigenvalue weighted by atomic mass is 16.3. The normalized spacial score (nSPS) is 16.3. The van der Waals surface area contributed by atoms with Crippen molar-refractivity contribution in [2.45, 2.75) is 38.6 Å². The molecule has 5 nitrogen and oxygen atoms in total. The van der Waals surface area contributed by atoms with Crippen LogP contribution in [0.4, 0.5) is 11.4 Å². The molecule has 1 aromatic heterocycles. The van der Waals surface area contributed by atoms with Crippen molar-refractivity contribution in [3.8, 4) is 0 Å². The molecular formula is C20H27N3O2. The van der Waals surface area contributed by atoms with Crippen LogP contribution in [0.3, 0.4) is 0 Å². The Morgan fingerprint density at radius 2 is 1.84 bits per heavy atom. The van der Waals surface area contributed by atoms with Gasteiger partial charge in [-0.2, -0.15) is 0 Å². The highest BCUT2D eigenvalue weighted by Gasteiger charge is 2.11. The van der Waals surface area contributed by atoms with Crippen LogP contribution >= 0.6 is 0 Å². The Morgan fingerprint density at radius 3 is 2.48 bits per heavy atom. The van der Waals surface area contributed by atoms with E-state index >= 15 is 0 Å². The van der Waals surface area contributed by atoms with Crippen molar-refractivity contribution in [1.82, 2.24) is 5.32 Å². The van der Waals surface area contributed by atoms with Crippen molar-refractivity contribution >= 4 is 17.3 Å². The average Bonchev–Trinajstić information content (AvgIpc) is 3.03. The SMILES string of the molecule is C[C@H](NCC(=O)Nc1ccc(N2CCCCCC2)cc1)c1ccco1. The van der Waals surface area contributed by atoms with Crippen LogP contribution in [-0.2, 0) is 4.79 Å². The smallest absolute Gasteiger partial charge is 0.238 e. The van der Waals surface area contributed by atoms with Gasteiger partial charge in [-0.3, -0.25) is 10.1 Å². The quantitative estimate of drug-likeness (QED) is 0.835. The fraction of sp³-hybridized carbons (Fsp3) is 0.450. The monoisotopic (exact) mass is 341 g/mol. The number of furan rings is 1. The van der Waals surface area contributed by atoms with Gasteiger partial charge in [0.15, 0.2) is 0 Å². The highest BCUT2D eigenvalue weighted by Crippen LogP contribution is 2.21. The summed E-state index contributed by atoms with van der Waals surface area (Å²) in [6, 6.07) is 11.9. The zero-order chi connectivity index (χ0) is 17.5. The summed E-state index contributed by atoms with van der Waals surface area (Å²) >= 11 is 0. The third-order valence-electron chi connectivity index (χ3n) is 4.66. The number of carbonyl (C=O) groups is 1. The van der Waals surface area contributed by atoms with E-state index in [4.69, 9.17) is 4.42 Å². The van der Waals surface area contributed by atoms with Crippen molar-refractivity contribution in [2.75, 3.05) is 29.9 Å². The van der Waals surface area contributed by atoms with Crippen LogP contribution in [0.5, 0.6) is 0 Å². The van der Waals surface area contributed by atoms with E-state index in [0.29, 0.717) is 0 Å². The minimum absolute atomic E-state index is 0.00571. The summed E-state index contributed by atoms with van der Waals surface area (Å²) in [5.74, 6) is 0.774. The zero-order valence-electron chi connectivity index (χ0n) is 14.8. The Hall–Kier alpha value is -2.27. The van der Waals surface area contributed by atoms with Crippen LogP contribution in [0, 0.1) is 0 Å². The van der Waals surface area contributed by atoms with Gasteiger partial charge in [-0.25, -0.2) is 0 Å². The molecule has 0 unspecified atom stereocenters. The first-order valence-electron chi connectivity index (χ1n) is 9.14. The van der Waals surface area contributed by atoms with E-state index in [1.165, 1.54) is 31.4 Å². The van der Waals surface area contributed by atoms with Gasteiger partial charge in [0.1, 0.15) is 5.76 Å². The van der Waals surface area contributed by atoms with Crippen LogP contribution < -0.4 is 15.5 Å². The molecule has 1 aliphatic rings. The molecule has 134 valence electrons. The topological polar surface area (TPSA) is 57.5 Å². The second-order valence-corrected chi connectivity index (χ2v) is 6.61. The van der Waals surface area contributed by atoms with Gasteiger partial charge in [-0.15, -0.1) is 0 Å². The molecule has 1 aromatic carbocycles. The van der Waals surface area contributed by atoms with E-state index in [0.717, 1.165) is 24.5 Å². The first-order valence-corrected chi connectivity index (χ1v) is 9.14. The van der Waals surface area contributed by atoms with E-state index in [1.54, 1.807) is 6.26 Å². The van der Waals surface area contributed by atoms with E-state index < -0.39 is 0 Å². The van der Waals surface area contributed by atoms with E-state index in [1.807, 2.05) is 31.2 Å². The second kappa shape index (κ2) is 8.72. The number of hydrogen-bond acceptors (Lipinski definition) is 4. The molecule has 0 spiro atoms. The fourth-order valence-electron chi connectivity index (χ4n) is 3.17. The van der Waals surface area contributed by atoms with Crippen molar-refractivity contribution in [3.05, 3.63) is 48.4 Å². The minimum Gasteiger partial charge on any atom is -0.468 e. The van der Waals surface area contributed by atoms with Gasteiger partial charge in [0, 0.05) is 24.5 Å². The summed E-state index contributed by atoms with van der Waals surface area (Å²) in [4.78, 5) is 14.5. The summed E-state index contributed by atoms with van der Waals surface area (Å²) in [7, 11) is 0. The van der Waals surface area contributed by atoms with Crippen LogP contribution in [0.1, 0.15) is 44.4 Å². The Morgan fingerprint density at radius 1 is 1.12 bits per heavy atom. The van der Waals surface area contributed by atoms with Gasteiger partial charge in [-0.1, -0.05) is 12.8 Å². The lowest BCUT2D eigenvalue weighted by atomic mass is 10.2. The standard InChI is InChI=1S/C20H27N3O2/c1-16(19-7-6-14-25-19)21-15-20(24)22-17-8-10-18(11-9-17)23-12-4-2-3-5-13-23/h6-11,14,16,21H,2-5,12-13,15H2,1H3,(H,22,24)/t16-/m0/s1. The number of amides is 1. The fourth-order valence-corrected chi connectivity index (χ4v) is 3.17. The predicted molar refractivity (Wildman–Crippen MR) is 101 cm³/mol. The molecule has 0 bridgehead atoms. The summed E-state index contributed by atoms with van der Waals surface area (Å²) < 4.78 is 5.33. The first-order chi connectivity index (χ1) is 12.2. The summed E-state index contributed by atoms with van der Waals surface area (Å²) in [6.07, 6.45) is 6.82. The third kappa shape index (κ3) is 5.10. The molecule has 2 aromatic rings. The maximum Gasteiger partial charge on any atom is 0.238 e. The molecule has 1 saturated heterocycles. The van der Waals surface area contributed by atoms with Crippen LogP contribution in [-0.4, -0.2) is 25.5 Å². The Balaban J connectivity index is 1.48. The number of nitrogens with one attached hydrogen (secondary N) is 2. The number of rotatable bonds is 6. The maximum atomic E-state index is 12.1. The lowest BCUT2D eigenvalue weighted by molar-refractivity contribution is -0.115. The van der Waals surface area contributed by atoms with Gasteiger partial charge in [0.2, 0.25) is 5.91 Å². The summed E-state index contributed by atoms with van der Waals surface area (Å²) in [5.41, 5.74) is 2.07. The number of carbonyl (C=O) groups excluding carboxylic acids is 1. The third-order valence-corrected chi connectivity index (χ3v) is 4.66. The van der Waals surface area contributed by atoms with Gasteiger partial charge >= 0.3 is 0 Å². The molecule has 25 heavy (non-hydrogen) atoms. The summed E-state index contributed by atoms with van der Waals surface area (Å²) in [6.45, 7) is 4.47. The Kier molecular flexibility index (Phi) is 6.12. The minimum atomic E-state index is -0.0547. The predicted octanol–water partition coefficient (Wildman–Crippen LogP) is 3.95. The van der Waals surface area contributed by atoms with E-state index in [2.05, 4.69) is 27.7 Å².